The number of hydrogen-bond acceptors (Lipinski definition) is 2. The molecule has 0 unspecified atom stereocenters. The number of nitrogens with zero attached hydrogens (tertiary/aromatic N) is 1. The van der Waals surface area contributed by atoms with Crippen molar-refractivity contribution >= 4 is 47.4 Å². The fourth-order valence-corrected chi connectivity index (χ4v) is 1.93. The molecule has 7 heteroatoms. The number of hydrogen-bond donors (Lipinski definition) is 3. The van der Waals surface area contributed by atoms with Crippen LogP contribution in [0, 0.1) is 0 Å². The Morgan fingerprint density at radius 3 is 2.57 bits per heavy atom. The summed E-state index contributed by atoms with van der Waals surface area (Å²) >= 11 is 5.96. The number of nitrogens with one attached hydrogen (secondary N) is 3. The van der Waals surface area contributed by atoms with Crippen LogP contribution in [0.5, 0.6) is 0 Å². The molecular formula is C14H20ClIN4O. The first-order valence-electron chi connectivity index (χ1n) is 6.70. The van der Waals surface area contributed by atoms with E-state index in [2.05, 4.69) is 20.9 Å². The highest BCUT2D eigenvalue weighted by molar-refractivity contribution is 14.0. The molecule has 1 saturated carbocycles. The molecular weight excluding hydrogens is 403 g/mol. The average Bonchev–Trinajstić information content (AvgIpc) is 3.26. The summed E-state index contributed by atoms with van der Waals surface area (Å²) in [6.07, 6.45) is 2.40. The monoisotopic (exact) mass is 422 g/mol. The molecule has 1 aliphatic rings. The smallest absolute Gasteiger partial charge is 0.252 e. The summed E-state index contributed by atoms with van der Waals surface area (Å²) in [6.45, 7) is 1.12. The van der Waals surface area contributed by atoms with Gasteiger partial charge < -0.3 is 16.0 Å². The normalized spacial score (nSPS) is 14.1. The first-order valence-corrected chi connectivity index (χ1v) is 7.08. The molecule has 0 aromatic heterocycles. The topological polar surface area (TPSA) is 65.5 Å². The van der Waals surface area contributed by atoms with Crippen molar-refractivity contribution in [2.75, 3.05) is 20.1 Å². The Balaban J connectivity index is 0.00000220. The van der Waals surface area contributed by atoms with E-state index in [4.69, 9.17) is 11.6 Å². The van der Waals surface area contributed by atoms with Gasteiger partial charge >= 0.3 is 0 Å². The van der Waals surface area contributed by atoms with Crippen molar-refractivity contribution in [2.24, 2.45) is 4.99 Å². The molecule has 0 spiro atoms. The van der Waals surface area contributed by atoms with Crippen molar-refractivity contribution in [2.45, 2.75) is 18.9 Å². The summed E-state index contributed by atoms with van der Waals surface area (Å²) < 4.78 is 0. The number of benzene rings is 1. The van der Waals surface area contributed by atoms with E-state index in [1.807, 2.05) is 0 Å². The molecule has 0 bridgehead atoms. The van der Waals surface area contributed by atoms with Crippen LogP contribution < -0.4 is 16.0 Å². The van der Waals surface area contributed by atoms with E-state index in [1.165, 1.54) is 12.8 Å². The van der Waals surface area contributed by atoms with E-state index < -0.39 is 0 Å². The van der Waals surface area contributed by atoms with Crippen molar-refractivity contribution in [3.8, 4) is 0 Å². The highest BCUT2D eigenvalue weighted by Gasteiger charge is 2.21. The fraction of sp³-hybridized carbons (Fsp3) is 0.429. The van der Waals surface area contributed by atoms with Crippen LogP contribution in [0.4, 0.5) is 0 Å². The Labute approximate surface area is 146 Å². The molecule has 1 amide bonds. The number of amides is 1. The second-order valence-corrected chi connectivity index (χ2v) is 5.06. The summed E-state index contributed by atoms with van der Waals surface area (Å²) in [4.78, 5) is 16.0. The van der Waals surface area contributed by atoms with Crippen molar-refractivity contribution in [1.82, 2.24) is 16.0 Å². The van der Waals surface area contributed by atoms with Gasteiger partial charge in [-0.3, -0.25) is 9.79 Å². The van der Waals surface area contributed by atoms with Crippen LogP contribution >= 0.6 is 35.6 Å². The third-order valence-corrected chi connectivity index (χ3v) is 3.29. The largest absolute Gasteiger partial charge is 0.355 e. The second kappa shape index (κ2) is 9.09. The summed E-state index contributed by atoms with van der Waals surface area (Å²) in [6, 6.07) is 7.56. The summed E-state index contributed by atoms with van der Waals surface area (Å²) in [7, 11) is 1.74. The first kappa shape index (κ1) is 18.0. The second-order valence-electron chi connectivity index (χ2n) is 4.65. The first-order chi connectivity index (χ1) is 9.70. The van der Waals surface area contributed by atoms with Crippen LogP contribution in [0.2, 0.25) is 5.02 Å². The Hall–Kier alpha value is -1.02. The number of rotatable bonds is 5. The van der Waals surface area contributed by atoms with Gasteiger partial charge in [-0.05, 0) is 25.0 Å². The molecule has 2 rings (SSSR count). The third-order valence-electron chi connectivity index (χ3n) is 2.96. The predicted octanol–water partition coefficient (Wildman–Crippen LogP) is 2.02. The Morgan fingerprint density at radius 1 is 1.29 bits per heavy atom. The lowest BCUT2D eigenvalue weighted by Gasteiger charge is -2.11. The number of halogens is 2. The van der Waals surface area contributed by atoms with Gasteiger partial charge in [-0.1, -0.05) is 23.7 Å². The van der Waals surface area contributed by atoms with Crippen molar-refractivity contribution in [3.63, 3.8) is 0 Å². The van der Waals surface area contributed by atoms with Gasteiger partial charge in [0.1, 0.15) is 0 Å². The fourth-order valence-electron chi connectivity index (χ4n) is 1.71. The maximum Gasteiger partial charge on any atom is 0.252 e. The maximum atomic E-state index is 11.9. The lowest BCUT2D eigenvalue weighted by atomic mass is 10.2. The molecule has 1 aliphatic carbocycles. The highest BCUT2D eigenvalue weighted by Crippen LogP contribution is 2.18. The molecule has 0 radical (unpaired) electrons. The van der Waals surface area contributed by atoms with Gasteiger partial charge in [0.2, 0.25) is 0 Å². The summed E-state index contributed by atoms with van der Waals surface area (Å²) in [5, 5.41) is 9.71. The lowest BCUT2D eigenvalue weighted by molar-refractivity contribution is 0.0954. The van der Waals surface area contributed by atoms with Gasteiger partial charge in [0.05, 0.1) is 10.6 Å². The predicted molar refractivity (Wildman–Crippen MR) is 96.7 cm³/mol. The van der Waals surface area contributed by atoms with E-state index >= 15 is 0 Å². The molecule has 0 saturated heterocycles. The van der Waals surface area contributed by atoms with Crippen molar-refractivity contribution in [1.29, 1.82) is 0 Å². The van der Waals surface area contributed by atoms with Crippen molar-refractivity contribution in [3.05, 3.63) is 34.9 Å². The molecule has 0 aliphatic heterocycles. The maximum absolute atomic E-state index is 11.9. The van der Waals surface area contributed by atoms with Crippen molar-refractivity contribution < 1.29 is 4.79 Å². The molecule has 1 fully saturated rings. The summed E-state index contributed by atoms with van der Waals surface area (Å²) in [5.41, 5.74) is 0.495. The zero-order valence-electron chi connectivity index (χ0n) is 11.9. The number of carbonyl (C=O) groups excluding carboxylic acids is 1. The minimum atomic E-state index is -0.164. The minimum Gasteiger partial charge on any atom is -0.355 e. The van der Waals surface area contributed by atoms with Crippen LogP contribution in [-0.4, -0.2) is 38.0 Å². The molecule has 1 aromatic rings. The molecule has 1 aromatic carbocycles. The van der Waals surface area contributed by atoms with Crippen LogP contribution in [0.25, 0.3) is 0 Å². The lowest BCUT2D eigenvalue weighted by Crippen LogP contribution is -2.42. The minimum absolute atomic E-state index is 0. The Morgan fingerprint density at radius 2 is 1.95 bits per heavy atom. The molecule has 21 heavy (non-hydrogen) atoms. The molecule has 0 heterocycles. The van der Waals surface area contributed by atoms with Gasteiger partial charge in [0.25, 0.3) is 5.91 Å². The van der Waals surface area contributed by atoms with Crippen LogP contribution in [-0.2, 0) is 0 Å². The number of aliphatic imine (C=N–C) groups is 1. The molecule has 0 atom stereocenters. The van der Waals surface area contributed by atoms with E-state index in [0.717, 1.165) is 5.96 Å². The SMILES string of the molecule is CN=C(NCCNC(=O)c1ccccc1Cl)NC1CC1.I. The van der Waals surface area contributed by atoms with E-state index in [-0.39, 0.29) is 29.9 Å². The Bertz CT molecular complexity index is 506. The molecule has 3 N–H and O–H groups in total. The zero-order chi connectivity index (χ0) is 14.4. The quantitative estimate of drug-likeness (QED) is 0.294. The average molecular weight is 423 g/mol. The number of carbonyl (C=O) groups is 1. The standard InChI is InChI=1S/C14H19ClN4O.HI/c1-16-14(19-10-6-7-10)18-9-8-17-13(20)11-4-2-3-5-12(11)15;/h2-5,10H,6-9H2,1H3,(H,17,20)(H2,16,18,19);1H. The highest BCUT2D eigenvalue weighted by atomic mass is 127. The third kappa shape index (κ3) is 6.09. The van der Waals surface area contributed by atoms with Gasteiger partial charge in [-0.2, -0.15) is 0 Å². The Kier molecular flexibility index (Phi) is 7.81. The van der Waals surface area contributed by atoms with E-state index in [1.54, 1.807) is 31.3 Å². The number of guanidine groups is 1. The van der Waals surface area contributed by atoms with Gasteiger partial charge in [0.15, 0.2) is 5.96 Å². The van der Waals surface area contributed by atoms with Crippen LogP contribution in [0.1, 0.15) is 23.2 Å². The van der Waals surface area contributed by atoms with Gasteiger partial charge in [-0.25, -0.2) is 0 Å². The van der Waals surface area contributed by atoms with Gasteiger partial charge in [-0.15, -0.1) is 24.0 Å². The summed E-state index contributed by atoms with van der Waals surface area (Å²) in [5.74, 6) is 0.613. The molecule has 116 valence electrons. The molecule has 5 nitrogen and oxygen atoms in total. The van der Waals surface area contributed by atoms with Gasteiger partial charge in [0, 0.05) is 26.2 Å². The van der Waals surface area contributed by atoms with E-state index in [0.29, 0.717) is 29.7 Å². The zero-order valence-corrected chi connectivity index (χ0v) is 14.9. The van der Waals surface area contributed by atoms with E-state index in [9.17, 15) is 4.79 Å². The van der Waals surface area contributed by atoms with Crippen LogP contribution in [0.15, 0.2) is 29.3 Å². The van der Waals surface area contributed by atoms with Crippen LogP contribution in [0.3, 0.4) is 0 Å².